The van der Waals surface area contributed by atoms with Crippen molar-refractivity contribution in [1.82, 2.24) is 0 Å². The average molecular weight is 245 g/mol. The van der Waals surface area contributed by atoms with Crippen LogP contribution in [0.3, 0.4) is 0 Å². The number of carbonyl (C=O) groups excluding carboxylic acids is 1. The zero-order valence-corrected chi connectivity index (χ0v) is 11.5. The van der Waals surface area contributed by atoms with Crippen LogP contribution < -0.4 is 5.32 Å². The predicted molar refractivity (Wildman–Crippen MR) is 76.3 cm³/mol. The summed E-state index contributed by atoms with van der Waals surface area (Å²) in [6.45, 7) is 5.37. The van der Waals surface area contributed by atoms with Crippen LogP contribution in [-0.4, -0.2) is 12.3 Å². The van der Waals surface area contributed by atoms with Crippen LogP contribution in [0.4, 0.5) is 5.69 Å². The largest absolute Gasteiger partial charge is 0.385 e. The molecule has 1 aliphatic rings. The van der Waals surface area contributed by atoms with Crippen molar-refractivity contribution in [2.45, 2.75) is 46.0 Å². The normalized spacial score (nSPS) is 14.2. The van der Waals surface area contributed by atoms with Crippen molar-refractivity contribution >= 4 is 11.5 Å². The van der Waals surface area contributed by atoms with Crippen molar-refractivity contribution in [3.05, 3.63) is 29.3 Å². The van der Waals surface area contributed by atoms with E-state index in [9.17, 15) is 4.79 Å². The number of rotatable bonds is 5. The standard InChI is InChI=1S/C16H23NO/c1-3-12(4-2)11-16(18)14-7-5-9-15-13(14)8-6-10-17-15/h5,7,9,12,17H,3-4,6,8,10-11H2,1-2H3. The van der Waals surface area contributed by atoms with Crippen LogP contribution in [0.15, 0.2) is 18.2 Å². The Balaban J connectivity index is 2.20. The van der Waals surface area contributed by atoms with E-state index in [-0.39, 0.29) is 0 Å². The van der Waals surface area contributed by atoms with Crippen LogP contribution in [0.2, 0.25) is 0 Å². The highest BCUT2D eigenvalue weighted by atomic mass is 16.1. The van der Waals surface area contributed by atoms with E-state index in [1.165, 1.54) is 5.56 Å². The predicted octanol–water partition coefficient (Wildman–Crippen LogP) is 4.05. The minimum atomic E-state index is 0.323. The molecule has 0 saturated carbocycles. The Kier molecular flexibility index (Phi) is 4.40. The molecule has 2 heteroatoms. The van der Waals surface area contributed by atoms with E-state index in [0.717, 1.165) is 43.5 Å². The molecular weight excluding hydrogens is 222 g/mol. The Morgan fingerprint density at radius 1 is 1.33 bits per heavy atom. The van der Waals surface area contributed by atoms with E-state index in [1.807, 2.05) is 12.1 Å². The van der Waals surface area contributed by atoms with Crippen LogP contribution in [0.25, 0.3) is 0 Å². The molecule has 0 fully saturated rings. The molecule has 98 valence electrons. The van der Waals surface area contributed by atoms with Crippen LogP contribution in [0.1, 0.15) is 55.5 Å². The smallest absolute Gasteiger partial charge is 0.163 e. The molecule has 0 amide bonds. The lowest BCUT2D eigenvalue weighted by atomic mass is 9.89. The highest BCUT2D eigenvalue weighted by Crippen LogP contribution is 2.27. The zero-order valence-electron chi connectivity index (χ0n) is 11.5. The molecule has 0 bridgehead atoms. The Labute approximate surface area is 110 Å². The Hall–Kier alpha value is -1.31. The molecule has 1 heterocycles. The van der Waals surface area contributed by atoms with Crippen molar-refractivity contribution in [3.63, 3.8) is 0 Å². The average Bonchev–Trinajstić information content (AvgIpc) is 2.43. The lowest BCUT2D eigenvalue weighted by Crippen LogP contribution is -2.16. The van der Waals surface area contributed by atoms with Gasteiger partial charge in [-0.2, -0.15) is 0 Å². The second-order valence-corrected chi connectivity index (χ2v) is 5.17. The maximum Gasteiger partial charge on any atom is 0.163 e. The lowest BCUT2D eigenvalue weighted by molar-refractivity contribution is 0.0957. The van der Waals surface area contributed by atoms with E-state index in [1.54, 1.807) is 0 Å². The molecule has 0 unspecified atom stereocenters. The highest BCUT2D eigenvalue weighted by molar-refractivity contribution is 5.99. The highest BCUT2D eigenvalue weighted by Gasteiger charge is 2.19. The molecule has 0 spiro atoms. The lowest BCUT2D eigenvalue weighted by Gasteiger charge is -2.21. The van der Waals surface area contributed by atoms with E-state index in [0.29, 0.717) is 18.1 Å². The molecule has 2 nitrogen and oxygen atoms in total. The molecule has 0 aromatic heterocycles. The minimum absolute atomic E-state index is 0.323. The zero-order chi connectivity index (χ0) is 13.0. The maximum atomic E-state index is 12.4. The molecule has 1 aliphatic heterocycles. The Morgan fingerprint density at radius 2 is 2.11 bits per heavy atom. The van der Waals surface area contributed by atoms with Crippen LogP contribution in [0.5, 0.6) is 0 Å². The second-order valence-electron chi connectivity index (χ2n) is 5.17. The third-order valence-electron chi connectivity index (χ3n) is 4.02. The fraction of sp³-hybridized carbons (Fsp3) is 0.562. The third-order valence-corrected chi connectivity index (χ3v) is 4.02. The van der Waals surface area contributed by atoms with E-state index < -0.39 is 0 Å². The van der Waals surface area contributed by atoms with Gasteiger partial charge in [0, 0.05) is 24.2 Å². The van der Waals surface area contributed by atoms with Crippen LogP contribution in [0, 0.1) is 5.92 Å². The molecule has 18 heavy (non-hydrogen) atoms. The number of fused-ring (bicyclic) bond motifs is 1. The van der Waals surface area contributed by atoms with Gasteiger partial charge in [0.25, 0.3) is 0 Å². The van der Waals surface area contributed by atoms with Crippen LogP contribution >= 0.6 is 0 Å². The van der Waals surface area contributed by atoms with Gasteiger partial charge in [0.2, 0.25) is 0 Å². The first kappa shape index (κ1) is 13.1. The summed E-state index contributed by atoms with van der Waals surface area (Å²) in [5.41, 5.74) is 3.35. The molecule has 2 rings (SSSR count). The third kappa shape index (κ3) is 2.74. The van der Waals surface area contributed by atoms with Gasteiger partial charge in [-0.3, -0.25) is 4.79 Å². The number of ketones is 1. The Morgan fingerprint density at radius 3 is 2.83 bits per heavy atom. The van der Waals surface area contributed by atoms with Crippen molar-refractivity contribution in [1.29, 1.82) is 0 Å². The molecule has 1 aromatic rings. The first-order valence-electron chi connectivity index (χ1n) is 7.15. The number of benzene rings is 1. The van der Waals surface area contributed by atoms with E-state index in [4.69, 9.17) is 0 Å². The van der Waals surface area contributed by atoms with Gasteiger partial charge in [0.15, 0.2) is 5.78 Å². The van der Waals surface area contributed by atoms with Gasteiger partial charge >= 0.3 is 0 Å². The molecule has 0 aliphatic carbocycles. The summed E-state index contributed by atoms with van der Waals surface area (Å²) < 4.78 is 0. The quantitative estimate of drug-likeness (QED) is 0.793. The van der Waals surface area contributed by atoms with Crippen molar-refractivity contribution < 1.29 is 4.79 Å². The number of hydrogen-bond donors (Lipinski definition) is 1. The number of carbonyl (C=O) groups is 1. The first-order chi connectivity index (χ1) is 8.76. The van der Waals surface area contributed by atoms with Gasteiger partial charge in [-0.1, -0.05) is 38.8 Å². The Bertz CT molecular complexity index is 421. The summed E-state index contributed by atoms with van der Waals surface area (Å²) in [7, 11) is 0. The van der Waals surface area contributed by atoms with Crippen LogP contribution in [-0.2, 0) is 6.42 Å². The summed E-state index contributed by atoms with van der Waals surface area (Å²) in [4.78, 5) is 12.4. The maximum absolute atomic E-state index is 12.4. The van der Waals surface area contributed by atoms with Gasteiger partial charge in [-0.05, 0) is 30.4 Å². The number of Topliss-reactive ketones (excluding diaryl/α,β-unsaturated/α-hetero) is 1. The summed E-state index contributed by atoms with van der Waals surface area (Å²) in [6.07, 6.45) is 5.05. The molecule has 0 atom stereocenters. The molecule has 1 aromatic carbocycles. The number of hydrogen-bond acceptors (Lipinski definition) is 2. The van der Waals surface area contributed by atoms with Crippen molar-refractivity contribution in [2.75, 3.05) is 11.9 Å². The van der Waals surface area contributed by atoms with Gasteiger partial charge in [-0.15, -0.1) is 0 Å². The van der Waals surface area contributed by atoms with E-state index in [2.05, 4.69) is 25.2 Å². The summed E-state index contributed by atoms with van der Waals surface area (Å²) in [6, 6.07) is 6.08. The van der Waals surface area contributed by atoms with Gasteiger partial charge in [0.1, 0.15) is 0 Å². The van der Waals surface area contributed by atoms with Crippen molar-refractivity contribution in [2.24, 2.45) is 5.92 Å². The fourth-order valence-corrected chi connectivity index (χ4v) is 2.72. The number of anilines is 1. The fourth-order valence-electron chi connectivity index (χ4n) is 2.72. The topological polar surface area (TPSA) is 29.1 Å². The van der Waals surface area contributed by atoms with Crippen molar-refractivity contribution in [3.8, 4) is 0 Å². The number of nitrogens with one attached hydrogen (secondary N) is 1. The van der Waals surface area contributed by atoms with Gasteiger partial charge < -0.3 is 5.32 Å². The second kappa shape index (κ2) is 6.03. The van der Waals surface area contributed by atoms with Gasteiger partial charge in [-0.25, -0.2) is 0 Å². The van der Waals surface area contributed by atoms with E-state index >= 15 is 0 Å². The summed E-state index contributed by atoms with van der Waals surface area (Å²) in [5, 5.41) is 3.39. The SMILES string of the molecule is CCC(CC)CC(=O)c1cccc2c1CCCN2. The molecule has 0 saturated heterocycles. The monoisotopic (exact) mass is 245 g/mol. The molecule has 1 N–H and O–H groups in total. The summed E-state index contributed by atoms with van der Waals surface area (Å²) in [5.74, 6) is 0.856. The molecule has 0 radical (unpaired) electrons. The first-order valence-corrected chi connectivity index (χ1v) is 7.15. The molecular formula is C16H23NO. The minimum Gasteiger partial charge on any atom is -0.385 e. The summed E-state index contributed by atoms with van der Waals surface area (Å²) >= 11 is 0. The van der Waals surface area contributed by atoms with Gasteiger partial charge in [0.05, 0.1) is 0 Å².